The Balaban J connectivity index is 2.37. The molecule has 0 radical (unpaired) electrons. The van der Waals surface area contributed by atoms with Crippen molar-refractivity contribution in [3.8, 4) is 6.07 Å². The molecule has 6 heteroatoms. The molecule has 76 valence electrons. The summed E-state index contributed by atoms with van der Waals surface area (Å²) in [5.41, 5.74) is 7.69. The highest BCUT2D eigenvalue weighted by Crippen LogP contribution is 2.25. The van der Waals surface area contributed by atoms with Gasteiger partial charge in [0.1, 0.15) is 5.54 Å². The summed E-state index contributed by atoms with van der Waals surface area (Å²) in [6.07, 6.45) is 1.97. The lowest BCUT2D eigenvalue weighted by atomic mass is 9.97. The summed E-state index contributed by atoms with van der Waals surface area (Å²) in [6.45, 7) is 0.989. The number of hydrogen-bond acceptors (Lipinski definition) is 4. The minimum absolute atomic E-state index is 0.395. The maximum absolute atomic E-state index is 9.07. The van der Waals surface area contributed by atoms with Gasteiger partial charge in [-0.15, -0.1) is 0 Å². The van der Waals surface area contributed by atoms with E-state index in [-0.39, 0.29) is 0 Å². The minimum atomic E-state index is -0.395. The van der Waals surface area contributed by atoms with Gasteiger partial charge in [0.15, 0.2) is 0 Å². The Labute approximate surface area is 87.5 Å². The molecular formula is C8H13N5S. The summed E-state index contributed by atoms with van der Waals surface area (Å²) in [5.74, 6) is 1.97. The normalized spacial score (nSPS) is 26.2. The third kappa shape index (κ3) is 3.11. The van der Waals surface area contributed by atoms with E-state index in [0.717, 1.165) is 24.3 Å². The van der Waals surface area contributed by atoms with Crippen molar-refractivity contribution in [3.05, 3.63) is 10.4 Å². The highest BCUT2D eigenvalue weighted by Gasteiger charge is 2.31. The molecular weight excluding hydrogens is 198 g/mol. The Bertz CT molecular complexity index is 259. The molecule has 1 rings (SSSR count). The van der Waals surface area contributed by atoms with Gasteiger partial charge in [-0.1, -0.05) is 5.11 Å². The van der Waals surface area contributed by atoms with E-state index in [1.165, 1.54) is 0 Å². The molecule has 0 saturated carbocycles. The molecule has 0 aliphatic carbocycles. The van der Waals surface area contributed by atoms with Crippen LogP contribution in [0.4, 0.5) is 0 Å². The SMILES string of the molecule is N#CC1(NCCN=[N+]=[N-])CCCSC1. The predicted molar refractivity (Wildman–Crippen MR) is 56.9 cm³/mol. The molecule has 14 heavy (non-hydrogen) atoms. The van der Waals surface area contributed by atoms with Gasteiger partial charge in [-0.2, -0.15) is 17.0 Å². The van der Waals surface area contributed by atoms with Crippen molar-refractivity contribution >= 4 is 11.8 Å². The van der Waals surface area contributed by atoms with E-state index in [2.05, 4.69) is 21.4 Å². The number of nitrogens with zero attached hydrogens (tertiary/aromatic N) is 4. The van der Waals surface area contributed by atoms with Crippen LogP contribution in [0, 0.1) is 11.3 Å². The Kier molecular flexibility index (Phi) is 4.60. The number of nitrogens with one attached hydrogen (secondary N) is 1. The Morgan fingerprint density at radius 2 is 2.57 bits per heavy atom. The minimum Gasteiger partial charge on any atom is -0.299 e. The molecule has 0 spiro atoms. The van der Waals surface area contributed by atoms with Crippen LogP contribution in [-0.4, -0.2) is 30.1 Å². The molecule has 1 atom stereocenters. The van der Waals surface area contributed by atoms with Crippen molar-refractivity contribution in [2.24, 2.45) is 5.11 Å². The van der Waals surface area contributed by atoms with Gasteiger partial charge in [0, 0.05) is 23.8 Å². The highest BCUT2D eigenvalue weighted by atomic mass is 32.2. The van der Waals surface area contributed by atoms with Crippen molar-refractivity contribution in [3.63, 3.8) is 0 Å². The number of azide groups is 1. The zero-order valence-corrected chi connectivity index (χ0v) is 8.76. The van der Waals surface area contributed by atoms with Crippen LogP contribution in [-0.2, 0) is 0 Å². The molecule has 0 aromatic heterocycles. The Morgan fingerprint density at radius 3 is 3.14 bits per heavy atom. The Morgan fingerprint density at radius 1 is 1.71 bits per heavy atom. The first-order valence-electron chi connectivity index (χ1n) is 4.58. The van der Waals surface area contributed by atoms with Crippen LogP contribution in [0.15, 0.2) is 5.11 Å². The summed E-state index contributed by atoms with van der Waals surface area (Å²) >= 11 is 1.80. The van der Waals surface area contributed by atoms with Crippen LogP contribution in [0.2, 0.25) is 0 Å². The van der Waals surface area contributed by atoms with Gasteiger partial charge in [-0.3, -0.25) is 5.32 Å². The highest BCUT2D eigenvalue weighted by molar-refractivity contribution is 7.99. The second-order valence-electron chi connectivity index (χ2n) is 3.23. The van der Waals surface area contributed by atoms with E-state index in [4.69, 9.17) is 10.8 Å². The fourth-order valence-electron chi connectivity index (χ4n) is 1.45. The molecule has 0 amide bonds. The fraction of sp³-hybridized carbons (Fsp3) is 0.875. The van der Waals surface area contributed by atoms with Crippen LogP contribution in [0.25, 0.3) is 10.4 Å². The monoisotopic (exact) mass is 211 g/mol. The first-order chi connectivity index (χ1) is 6.83. The van der Waals surface area contributed by atoms with Gasteiger partial charge < -0.3 is 0 Å². The molecule has 0 aromatic carbocycles. The zero-order chi connectivity index (χ0) is 10.3. The molecule has 1 heterocycles. The van der Waals surface area contributed by atoms with E-state index >= 15 is 0 Å². The molecule has 1 N–H and O–H groups in total. The second-order valence-corrected chi connectivity index (χ2v) is 4.34. The van der Waals surface area contributed by atoms with Gasteiger partial charge in [-0.05, 0) is 24.1 Å². The largest absolute Gasteiger partial charge is 0.299 e. The smallest absolute Gasteiger partial charge is 0.115 e. The molecule has 5 nitrogen and oxygen atoms in total. The summed E-state index contributed by atoms with van der Waals surface area (Å²) < 4.78 is 0. The molecule has 1 saturated heterocycles. The van der Waals surface area contributed by atoms with Crippen LogP contribution in [0.5, 0.6) is 0 Å². The molecule has 1 aliphatic heterocycles. The van der Waals surface area contributed by atoms with E-state index in [1.807, 2.05) is 0 Å². The topological polar surface area (TPSA) is 84.6 Å². The fourth-order valence-corrected chi connectivity index (χ4v) is 2.60. The maximum Gasteiger partial charge on any atom is 0.115 e. The quantitative estimate of drug-likeness (QED) is 0.332. The third-order valence-electron chi connectivity index (χ3n) is 2.19. The lowest BCUT2D eigenvalue weighted by Crippen LogP contribution is -2.49. The number of rotatable bonds is 4. The summed E-state index contributed by atoms with van der Waals surface area (Å²) in [6, 6.07) is 2.33. The van der Waals surface area contributed by atoms with Gasteiger partial charge in [0.25, 0.3) is 0 Å². The standard InChI is InChI=1S/C8H13N5S/c9-6-8(2-1-5-14-7-8)11-3-4-12-13-10/h11H,1-5,7H2. The van der Waals surface area contributed by atoms with E-state index in [0.29, 0.717) is 13.1 Å². The van der Waals surface area contributed by atoms with E-state index in [9.17, 15) is 0 Å². The van der Waals surface area contributed by atoms with Gasteiger partial charge in [0.2, 0.25) is 0 Å². The Hall–Kier alpha value is -0.890. The van der Waals surface area contributed by atoms with Gasteiger partial charge in [0.05, 0.1) is 6.07 Å². The molecule has 1 fully saturated rings. The van der Waals surface area contributed by atoms with Crippen molar-refractivity contribution < 1.29 is 0 Å². The summed E-state index contributed by atoms with van der Waals surface area (Å²) in [5, 5.41) is 15.7. The maximum atomic E-state index is 9.07. The van der Waals surface area contributed by atoms with Crippen LogP contribution in [0.3, 0.4) is 0 Å². The van der Waals surface area contributed by atoms with Gasteiger partial charge in [-0.25, -0.2) is 0 Å². The van der Waals surface area contributed by atoms with Crippen LogP contribution < -0.4 is 5.32 Å². The zero-order valence-electron chi connectivity index (χ0n) is 7.94. The lowest BCUT2D eigenvalue weighted by Gasteiger charge is -2.31. The molecule has 0 bridgehead atoms. The molecule has 1 unspecified atom stereocenters. The van der Waals surface area contributed by atoms with Crippen LogP contribution in [0.1, 0.15) is 12.8 Å². The van der Waals surface area contributed by atoms with Crippen molar-refractivity contribution in [1.82, 2.24) is 5.32 Å². The number of thioether (sulfide) groups is 1. The molecule has 0 aromatic rings. The van der Waals surface area contributed by atoms with Crippen molar-refractivity contribution in [2.45, 2.75) is 18.4 Å². The summed E-state index contributed by atoms with van der Waals surface area (Å²) in [4.78, 5) is 2.66. The second kappa shape index (κ2) is 5.76. The van der Waals surface area contributed by atoms with E-state index < -0.39 is 5.54 Å². The number of nitriles is 1. The average molecular weight is 211 g/mol. The van der Waals surface area contributed by atoms with Gasteiger partial charge >= 0.3 is 0 Å². The molecule has 1 aliphatic rings. The summed E-state index contributed by atoms with van der Waals surface area (Å²) in [7, 11) is 0. The van der Waals surface area contributed by atoms with Crippen molar-refractivity contribution in [2.75, 3.05) is 24.6 Å². The van der Waals surface area contributed by atoms with Crippen LogP contribution >= 0.6 is 11.8 Å². The first-order valence-corrected chi connectivity index (χ1v) is 5.73. The lowest BCUT2D eigenvalue weighted by molar-refractivity contribution is 0.420. The van der Waals surface area contributed by atoms with E-state index in [1.54, 1.807) is 11.8 Å². The third-order valence-corrected chi connectivity index (χ3v) is 3.47. The average Bonchev–Trinajstić information content (AvgIpc) is 2.26. The first kappa shape index (κ1) is 11.2. The number of hydrogen-bond donors (Lipinski definition) is 1. The van der Waals surface area contributed by atoms with Crippen molar-refractivity contribution in [1.29, 1.82) is 5.26 Å². The predicted octanol–water partition coefficient (Wildman–Crippen LogP) is 1.68.